The summed E-state index contributed by atoms with van der Waals surface area (Å²) in [6.45, 7) is -0.134. The number of barbiturate groups is 1. The Bertz CT molecular complexity index is 1380. The van der Waals surface area contributed by atoms with Crippen molar-refractivity contribution in [3.63, 3.8) is 0 Å². The van der Waals surface area contributed by atoms with E-state index in [0.717, 1.165) is 4.90 Å². The first kappa shape index (κ1) is 24.6. The molecule has 184 valence electrons. The number of carbonyl (C=O) groups excluding carboxylic acids is 3. The molecule has 0 unspecified atom stereocenters. The van der Waals surface area contributed by atoms with E-state index in [4.69, 9.17) is 30.6 Å². The molecule has 2 heterocycles. The molecule has 11 heteroatoms. The quantitative estimate of drug-likeness (QED) is 0.344. The number of hydrogen-bond acceptors (Lipinski definition) is 7. The Kier molecular flexibility index (Phi) is 7.07. The van der Waals surface area contributed by atoms with E-state index >= 15 is 0 Å². The number of carboxylic acids is 1. The molecule has 4 amide bonds. The summed E-state index contributed by atoms with van der Waals surface area (Å²) in [5, 5.41) is 11.4. The number of halogens is 1. The fourth-order valence-corrected chi connectivity index (χ4v) is 3.75. The number of rotatable bonds is 8. The van der Waals surface area contributed by atoms with Gasteiger partial charge in [0.2, 0.25) is 0 Å². The van der Waals surface area contributed by atoms with Crippen molar-refractivity contribution >= 4 is 41.5 Å². The second-order valence-electron chi connectivity index (χ2n) is 7.62. The van der Waals surface area contributed by atoms with Crippen LogP contribution in [0.5, 0.6) is 11.5 Å². The minimum absolute atomic E-state index is 0.0162. The number of ether oxygens (including phenoxy) is 2. The molecule has 1 aliphatic rings. The van der Waals surface area contributed by atoms with Crippen LogP contribution in [-0.2, 0) is 22.7 Å². The average molecular weight is 511 g/mol. The van der Waals surface area contributed by atoms with Crippen molar-refractivity contribution in [1.82, 2.24) is 10.2 Å². The number of hydrogen-bond donors (Lipinski definition) is 2. The van der Waals surface area contributed by atoms with Crippen LogP contribution in [0.2, 0.25) is 5.02 Å². The Morgan fingerprint density at radius 1 is 1.17 bits per heavy atom. The van der Waals surface area contributed by atoms with Gasteiger partial charge in [-0.25, -0.2) is 9.59 Å². The molecule has 1 aromatic heterocycles. The number of aromatic carboxylic acids is 1. The third-order valence-electron chi connectivity index (χ3n) is 5.20. The molecule has 0 bridgehead atoms. The van der Waals surface area contributed by atoms with Crippen LogP contribution in [0.25, 0.3) is 6.08 Å². The molecule has 1 aliphatic heterocycles. The Morgan fingerprint density at radius 3 is 2.67 bits per heavy atom. The first-order valence-electron chi connectivity index (χ1n) is 10.5. The van der Waals surface area contributed by atoms with Crippen LogP contribution in [0.3, 0.4) is 0 Å². The predicted octanol–water partition coefficient (Wildman–Crippen LogP) is 3.88. The number of carbonyl (C=O) groups is 4. The molecule has 0 aliphatic carbocycles. The maximum absolute atomic E-state index is 12.9. The van der Waals surface area contributed by atoms with Gasteiger partial charge in [-0.3, -0.25) is 19.8 Å². The largest absolute Gasteiger partial charge is 0.493 e. The molecular weight excluding hydrogens is 492 g/mol. The number of furan rings is 1. The van der Waals surface area contributed by atoms with Gasteiger partial charge in [0.25, 0.3) is 11.8 Å². The third kappa shape index (κ3) is 5.23. The molecule has 0 saturated carbocycles. The molecule has 0 spiro atoms. The van der Waals surface area contributed by atoms with Crippen LogP contribution in [0.15, 0.2) is 64.8 Å². The Labute approximate surface area is 209 Å². The third-order valence-corrected chi connectivity index (χ3v) is 5.48. The topological polar surface area (TPSA) is 135 Å². The molecule has 4 rings (SSSR count). The highest BCUT2D eigenvalue weighted by atomic mass is 35.5. The molecule has 1 saturated heterocycles. The van der Waals surface area contributed by atoms with Gasteiger partial charge in [-0.15, -0.1) is 0 Å². The number of carboxylic acid groups (broad SMARTS) is 1. The molecular formula is C25H19ClN2O8. The SMILES string of the molecule is COc1cc(/C=C2\C(=O)NC(=O)N(Cc3ccco3)C2=O)cc(Cl)c1OCc1cccc(C(=O)O)c1. The number of methoxy groups -OCH3 is 1. The predicted molar refractivity (Wildman–Crippen MR) is 127 cm³/mol. The van der Waals surface area contributed by atoms with Gasteiger partial charge in [-0.2, -0.15) is 0 Å². The molecule has 10 nitrogen and oxygen atoms in total. The monoisotopic (exact) mass is 510 g/mol. The fourth-order valence-electron chi connectivity index (χ4n) is 3.48. The Morgan fingerprint density at radius 2 is 1.97 bits per heavy atom. The molecule has 36 heavy (non-hydrogen) atoms. The zero-order valence-corrected chi connectivity index (χ0v) is 19.6. The van der Waals surface area contributed by atoms with Gasteiger partial charge in [0.05, 0.1) is 30.5 Å². The highest BCUT2D eigenvalue weighted by molar-refractivity contribution is 6.33. The van der Waals surface area contributed by atoms with Crippen molar-refractivity contribution < 1.29 is 38.2 Å². The van der Waals surface area contributed by atoms with E-state index < -0.39 is 23.8 Å². The van der Waals surface area contributed by atoms with E-state index in [-0.39, 0.29) is 40.8 Å². The van der Waals surface area contributed by atoms with Crippen LogP contribution in [0.1, 0.15) is 27.2 Å². The van der Waals surface area contributed by atoms with E-state index in [0.29, 0.717) is 16.9 Å². The molecule has 3 aromatic rings. The molecule has 0 atom stereocenters. The van der Waals surface area contributed by atoms with Crippen LogP contribution in [0.4, 0.5) is 4.79 Å². The second kappa shape index (κ2) is 10.4. The summed E-state index contributed by atoms with van der Waals surface area (Å²) >= 11 is 6.41. The lowest BCUT2D eigenvalue weighted by Gasteiger charge is -2.25. The van der Waals surface area contributed by atoms with Crippen molar-refractivity contribution in [2.45, 2.75) is 13.2 Å². The van der Waals surface area contributed by atoms with Crippen molar-refractivity contribution in [3.05, 3.63) is 87.8 Å². The number of nitrogens with zero attached hydrogens (tertiary/aromatic N) is 1. The van der Waals surface area contributed by atoms with Crippen molar-refractivity contribution in [2.75, 3.05) is 7.11 Å². The lowest BCUT2D eigenvalue weighted by Crippen LogP contribution is -2.53. The average Bonchev–Trinajstić information content (AvgIpc) is 3.37. The summed E-state index contributed by atoms with van der Waals surface area (Å²) in [7, 11) is 1.39. The minimum Gasteiger partial charge on any atom is -0.493 e. The number of urea groups is 1. The first-order chi connectivity index (χ1) is 17.3. The normalized spacial score (nSPS) is 14.7. The van der Waals surface area contributed by atoms with E-state index in [2.05, 4.69) is 5.32 Å². The van der Waals surface area contributed by atoms with Crippen LogP contribution < -0.4 is 14.8 Å². The van der Waals surface area contributed by atoms with E-state index in [1.165, 1.54) is 43.7 Å². The summed E-state index contributed by atoms with van der Waals surface area (Å²) in [6, 6.07) is 11.6. The number of nitrogens with one attached hydrogen (secondary N) is 1. The van der Waals surface area contributed by atoms with Crippen LogP contribution in [0, 0.1) is 0 Å². The van der Waals surface area contributed by atoms with Crippen LogP contribution >= 0.6 is 11.6 Å². The number of imide groups is 2. The molecule has 1 fully saturated rings. The highest BCUT2D eigenvalue weighted by Crippen LogP contribution is 2.37. The first-order valence-corrected chi connectivity index (χ1v) is 10.9. The zero-order valence-electron chi connectivity index (χ0n) is 18.8. The van der Waals surface area contributed by atoms with Gasteiger partial charge < -0.3 is 19.0 Å². The summed E-state index contributed by atoms with van der Waals surface area (Å²) < 4.78 is 16.3. The van der Waals surface area contributed by atoms with Gasteiger partial charge >= 0.3 is 12.0 Å². The maximum atomic E-state index is 12.9. The highest BCUT2D eigenvalue weighted by Gasteiger charge is 2.36. The minimum atomic E-state index is -1.06. The van der Waals surface area contributed by atoms with Gasteiger partial charge in [0.15, 0.2) is 11.5 Å². The lowest BCUT2D eigenvalue weighted by atomic mass is 10.1. The van der Waals surface area contributed by atoms with Crippen molar-refractivity contribution in [1.29, 1.82) is 0 Å². The summed E-state index contributed by atoms with van der Waals surface area (Å²) in [4.78, 5) is 49.6. The zero-order chi connectivity index (χ0) is 25.8. The summed E-state index contributed by atoms with van der Waals surface area (Å²) in [6.07, 6.45) is 2.69. The molecule has 0 radical (unpaired) electrons. The fraction of sp³-hybridized carbons (Fsp3) is 0.120. The van der Waals surface area contributed by atoms with Gasteiger partial charge in [-0.1, -0.05) is 23.7 Å². The maximum Gasteiger partial charge on any atom is 0.335 e. The van der Waals surface area contributed by atoms with Gasteiger partial charge in [0, 0.05) is 0 Å². The lowest BCUT2D eigenvalue weighted by molar-refractivity contribution is -0.130. The van der Waals surface area contributed by atoms with Gasteiger partial charge in [-0.05, 0) is 53.6 Å². The summed E-state index contributed by atoms with van der Waals surface area (Å²) in [5.41, 5.74) is 0.789. The Hall–Kier alpha value is -4.57. The molecule has 2 N–H and O–H groups in total. The second-order valence-corrected chi connectivity index (χ2v) is 8.02. The molecule has 2 aromatic carbocycles. The summed E-state index contributed by atoms with van der Waals surface area (Å²) in [5.74, 6) is -1.93. The van der Waals surface area contributed by atoms with E-state index in [9.17, 15) is 19.2 Å². The number of amides is 4. The standard InChI is InChI=1S/C25H19ClN2O8/c1-34-20-11-15(10-19(26)21(20)36-13-14-4-2-5-16(8-14)24(31)32)9-18-22(29)27-25(33)28(23(18)30)12-17-6-3-7-35-17/h2-11H,12-13H2,1H3,(H,31,32)(H,27,29,33)/b18-9+. The van der Waals surface area contributed by atoms with Crippen molar-refractivity contribution in [2.24, 2.45) is 0 Å². The smallest absolute Gasteiger partial charge is 0.335 e. The Balaban J connectivity index is 1.58. The van der Waals surface area contributed by atoms with Gasteiger partial charge in [0.1, 0.15) is 17.9 Å². The van der Waals surface area contributed by atoms with E-state index in [1.807, 2.05) is 0 Å². The number of benzene rings is 2. The van der Waals surface area contributed by atoms with Crippen molar-refractivity contribution in [3.8, 4) is 11.5 Å². The van der Waals surface area contributed by atoms with E-state index in [1.54, 1.807) is 24.3 Å². The van der Waals surface area contributed by atoms with Crippen LogP contribution in [-0.4, -0.2) is 40.9 Å².